The number of carboxylic acids is 2. The average Bonchev–Trinajstić information content (AvgIpc) is 2.73. The summed E-state index contributed by atoms with van der Waals surface area (Å²) in [7, 11) is 0. The minimum absolute atomic E-state index is 0.0284. The fraction of sp³-hybridized carbons (Fsp3) is 0.190. The van der Waals surface area contributed by atoms with E-state index < -0.39 is 23.9 Å². The van der Waals surface area contributed by atoms with Gasteiger partial charge in [-0.05, 0) is 49.2 Å². The Morgan fingerprint density at radius 2 is 1.84 bits per heavy atom. The molecule has 0 saturated heterocycles. The number of rotatable bonds is 8. The molecule has 10 nitrogen and oxygen atoms in total. The van der Waals surface area contributed by atoms with Gasteiger partial charge >= 0.3 is 11.9 Å². The van der Waals surface area contributed by atoms with Gasteiger partial charge in [-0.2, -0.15) is 0 Å². The molecule has 6 N–H and O–H groups in total. The molecule has 2 aromatic carbocycles. The number of aliphatic carboxylic acids is 2. The van der Waals surface area contributed by atoms with Crippen LogP contribution in [-0.4, -0.2) is 44.1 Å². The number of anilines is 1. The molecule has 3 aromatic rings. The van der Waals surface area contributed by atoms with Gasteiger partial charge in [0.1, 0.15) is 6.04 Å². The van der Waals surface area contributed by atoms with E-state index in [4.69, 9.17) is 10.8 Å². The van der Waals surface area contributed by atoms with Crippen molar-refractivity contribution in [2.24, 2.45) is 0 Å². The molecule has 0 saturated carbocycles. The molecule has 0 aliphatic rings. The molecule has 1 amide bonds. The van der Waals surface area contributed by atoms with E-state index in [1.54, 1.807) is 18.2 Å². The molecule has 0 aliphatic heterocycles. The van der Waals surface area contributed by atoms with Gasteiger partial charge in [0, 0.05) is 21.8 Å². The van der Waals surface area contributed by atoms with Crippen molar-refractivity contribution < 1.29 is 24.6 Å². The molecule has 0 radical (unpaired) electrons. The lowest BCUT2D eigenvalue weighted by Gasteiger charge is -2.14. The van der Waals surface area contributed by atoms with Gasteiger partial charge in [-0.3, -0.25) is 19.4 Å². The number of fused-ring (bicyclic) bond motifs is 1. The Balaban J connectivity index is 1.80. The summed E-state index contributed by atoms with van der Waals surface area (Å²) in [5, 5.41) is 20.7. The molecule has 0 unspecified atom stereocenters. The third kappa shape index (κ3) is 5.24. The highest BCUT2D eigenvalue weighted by Crippen LogP contribution is 2.34. The number of hydrogen-bond donors (Lipinski definition) is 5. The second-order valence-electron chi connectivity index (χ2n) is 6.98. The fourth-order valence-corrected chi connectivity index (χ4v) is 4.05. The first-order chi connectivity index (χ1) is 15.2. The molecule has 11 heteroatoms. The molecule has 0 spiro atoms. The summed E-state index contributed by atoms with van der Waals surface area (Å²) in [6, 6.07) is 8.63. The summed E-state index contributed by atoms with van der Waals surface area (Å²) in [5.74, 6) is -3.05. The van der Waals surface area contributed by atoms with E-state index in [9.17, 15) is 24.3 Å². The Morgan fingerprint density at radius 3 is 2.47 bits per heavy atom. The number of amides is 1. The summed E-state index contributed by atoms with van der Waals surface area (Å²) in [6.07, 6.45) is -0.603. The van der Waals surface area contributed by atoms with E-state index >= 15 is 0 Å². The lowest BCUT2D eigenvalue weighted by Crippen LogP contribution is -2.41. The third-order valence-corrected chi connectivity index (χ3v) is 5.87. The monoisotopic (exact) mass is 456 g/mol. The number of hydrogen-bond acceptors (Lipinski definition) is 7. The van der Waals surface area contributed by atoms with Crippen molar-refractivity contribution in [3.63, 3.8) is 0 Å². The maximum absolute atomic E-state index is 12.4. The average molecular weight is 456 g/mol. The van der Waals surface area contributed by atoms with Crippen LogP contribution in [0, 0.1) is 6.92 Å². The van der Waals surface area contributed by atoms with Gasteiger partial charge in [-0.15, -0.1) is 0 Å². The quantitative estimate of drug-likeness (QED) is 0.339. The molecular weight excluding hydrogens is 436 g/mol. The second kappa shape index (κ2) is 9.52. The number of aryl methyl sites for hydroxylation is 1. The number of H-pyrrole nitrogens is 1. The van der Waals surface area contributed by atoms with E-state index in [1.165, 1.54) is 23.9 Å². The maximum atomic E-state index is 12.4. The largest absolute Gasteiger partial charge is 0.481 e. The first kappa shape index (κ1) is 22.8. The van der Waals surface area contributed by atoms with Gasteiger partial charge in [0.25, 0.3) is 11.5 Å². The van der Waals surface area contributed by atoms with Gasteiger partial charge in [-0.1, -0.05) is 17.8 Å². The zero-order valence-electron chi connectivity index (χ0n) is 16.9. The summed E-state index contributed by atoms with van der Waals surface area (Å²) in [6.45, 7) is 1.86. The highest BCUT2D eigenvalue weighted by molar-refractivity contribution is 7.99. The van der Waals surface area contributed by atoms with E-state index in [1.807, 2.05) is 13.0 Å². The number of aromatic amines is 1. The third-order valence-electron chi connectivity index (χ3n) is 4.63. The first-order valence-electron chi connectivity index (χ1n) is 9.48. The minimum atomic E-state index is -1.31. The summed E-state index contributed by atoms with van der Waals surface area (Å²) >= 11 is 1.32. The highest BCUT2D eigenvalue weighted by atomic mass is 32.2. The molecule has 0 fully saturated rings. The predicted octanol–water partition coefficient (Wildman–Crippen LogP) is 2.01. The van der Waals surface area contributed by atoms with Crippen LogP contribution in [0.15, 0.2) is 51.0 Å². The number of benzene rings is 2. The van der Waals surface area contributed by atoms with Crippen molar-refractivity contribution in [3.8, 4) is 0 Å². The van der Waals surface area contributed by atoms with Crippen molar-refractivity contribution in [2.75, 3.05) is 5.73 Å². The Labute approximate surface area is 185 Å². The topological polar surface area (TPSA) is 175 Å². The smallest absolute Gasteiger partial charge is 0.326 e. The molecule has 166 valence electrons. The number of carbonyl (C=O) groups is 3. The molecule has 32 heavy (non-hydrogen) atoms. The minimum Gasteiger partial charge on any atom is -0.481 e. The normalized spacial score (nSPS) is 11.8. The van der Waals surface area contributed by atoms with E-state index in [-0.39, 0.29) is 29.9 Å². The molecular formula is C21H20N4O6S. The Morgan fingerprint density at radius 1 is 1.16 bits per heavy atom. The zero-order chi connectivity index (χ0) is 23.4. The van der Waals surface area contributed by atoms with Crippen molar-refractivity contribution in [2.45, 2.75) is 35.6 Å². The predicted molar refractivity (Wildman–Crippen MR) is 118 cm³/mol. The van der Waals surface area contributed by atoms with Crippen LogP contribution in [0.1, 0.15) is 28.8 Å². The Bertz CT molecular complexity index is 1260. The maximum Gasteiger partial charge on any atom is 0.326 e. The van der Waals surface area contributed by atoms with Crippen LogP contribution in [0.4, 0.5) is 5.95 Å². The summed E-state index contributed by atoms with van der Waals surface area (Å²) in [5.41, 5.74) is 6.82. The van der Waals surface area contributed by atoms with Gasteiger partial charge in [0.2, 0.25) is 5.95 Å². The molecule has 1 aromatic heterocycles. The van der Waals surface area contributed by atoms with Crippen molar-refractivity contribution >= 4 is 46.5 Å². The summed E-state index contributed by atoms with van der Waals surface area (Å²) in [4.78, 5) is 54.9. The number of nitrogens with zero attached hydrogens (tertiary/aromatic N) is 1. The number of nitrogens with one attached hydrogen (secondary N) is 2. The van der Waals surface area contributed by atoms with Crippen LogP contribution in [0.2, 0.25) is 0 Å². The standard InChI is InChI=1S/C21H20N4O6S/c1-10-2-7-13-16(19(29)25-21(22)24-13)17(10)32-12-5-3-11(4-6-12)18(28)23-14(20(30)31)8-9-15(26)27/h2-7,14H,8-9H2,1H3,(H,23,28)(H,26,27)(H,30,31)(H3,22,24,25,29)/t14-/m1/s1. The van der Waals surface area contributed by atoms with Crippen LogP contribution in [0.5, 0.6) is 0 Å². The van der Waals surface area contributed by atoms with Crippen molar-refractivity contribution in [3.05, 3.63) is 57.9 Å². The van der Waals surface area contributed by atoms with Gasteiger partial charge < -0.3 is 21.3 Å². The zero-order valence-corrected chi connectivity index (χ0v) is 17.7. The molecule has 1 atom stereocenters. The van der Waals surface area contributed by atoms with Crippen LogP contribution < -0.4 is 16.6 Å². The summed E-state index contributed by atoms with van der Waals surface area (Å²) < 4.78 is 0. The highest BCUT2D eigenvalue weighted by Gasteiger charge is 2.21. The number of carbonyl (C=O) groups excluding carboxylic acids is 1. The molecule has 3 rings (SSSR count). The van der Waals surface area contributed by atoms with Crippen LogP contribution in [0.3, 0.4) is 0 Å². The fourth-order valence-electron chi connectivity index (χ4n) is 3.02. The van der Waals surface area contributed by atoms with Gasteiger partial charge in [0.15, 0.2) is 0 Å². The molecule has 0 aliphatic carbocycles. The SMILES string of the molecule is Cc1ccc2nc(N)[nH]c(=O)c2c1Sc1ccc(C(=O)N[C@H](CCC(=O)O)C(=O)O)cc1. The second-order valence-corrected chi connectivity index (χ2v) is 8.06. The molecule has 1 heterocycles. The number of carboxylic acid groups (broad SMARTS) is 2. The first-order valence-corrected chi connectivity index (χ1v) is 10.3. The van der Waals surface area contributed by atoms with Crippen LogP contribution >= 0.6 is 11.8 Å². The van der Waals surface area contributed by atoms with E-state index in [0.717, 1.165) is 10.5 Å². The number of nitrogens with two attached hydrogens (primary N) is 1. The van der Waals surface area contributed by atoms with Crippen molar-refractivity contribution in [1.82, 2.24) is 15.3 Å². The lowest BCUT2D eigenvalue weighted by molar-refractivity contribution is -0.140. The number of nitrogen functional groups attached to an aromatic ring is 1. The van der Waals surface area contributed by atoms with Gasteiger partial charge in [0.05, 0.1) is 10.9 Å². The number of aromatic nitrogens is 2. The Hall–Kier alpha value is -3.86. The van der Waals surface area contributed by atoms with E-state index in [2.05, 4.69) is 15.3 Å². The molecule has 0 bridgehead atoms. The van der Waals surface area contributed by atoms with Crippen molar-refractivity contribution in [1.29, 1.82) is 0 Å². The Kier molecular flexibility index (Phi) is 6.79. The van der Waals surface area contributed by atoms with Crippen LogP contribution in [0.25, 0.3) is 10.9 Å². The van der Waals surface area contributed by atoms with Crippen LogP contribution in [-0.2, 0) is 9.59 Å². The lowest BCUT2D eigenvalue weighted by atomic mass is 10.1. The van der Waals surface area contributed by atoms with E-state index in [0.29, 0.717) is 15.8 Å². The van der Waals surface area contributed by atoms with Gasteiger partial charge in [-0.25, -0.2) is 9.78 Å².